The fraction of sp³-hybridized carbons (Fsp3) is 0.263. The molecule has 5 nitrogen and oxygen atoms in total. The first kappa shape index (κ1) is 16.1. The molecule has 1 aliphatic heterocycles. The Bertz CT molecular complexity index is 792. The van der Waals surface area contributed by atoms with E-state index >= 15 is 0 Å². The number of anilines is 1. The SMILES string of the molecule is C=C/C(=C\N(C)CC)C1=CN=C2C(Nc3cc(C)on3)=CC=CC12. The Morgan fingerprint density at radius 3 is 3.00 bits per heavy atom. The van der Waals surface area contributed by atoms with E-state index in [2.05, 4.69) is 53.2 Å². The van der Waals surface area contributed by atoms with Gasteiger partial charge in [-0.3, -0.25) is 4.99 Å². The van der Waals surface area contributed by atoms with Gasteiger partial charge in [0.1, 0.15) is 5.76 Å². The monoisotopic (exact) mass is 322 g/mol. The van der Waals surface area contributed by atoms with Gasteiger partial charge in [-0.15, -0.1) is 0 Å². The van der Waals surface area contributed by atoms with E-state index in [9.17, 15) is 0 Å². The fourth-order valence-corrected chi connectivity index (χ4v) is 2.72. The third-order valence-corrected chi connectivity index (χ3v) is 4.12. The number of aromatic nitrogens is 1. The van der Waals surface area contributed by atoms with Crippen LogP contribution in [0.4, 0.5) is 5.82 Å². The molecule has 1 aliphatic carbocycles. The lowest BCUT2D eigenvalue weighted by Gasteiger charge is -2.21. The zero-order valence-electron chi connectivity index (χ0n) is 14.3. The van der Waals surface area contributed by atoms with Crippen LogP contribution in [-0.4, -0.2) is 29.4 Å². The largest absolute Gasteiger partial charge is 0.380 e. The van der Waals surface area contributed by atoms with Gasteiger partial charge in [0.05, 0.1) is 11.4 Å². The molecule has 5 heteroatoms. The van der Waals surface area contributed by atoms with Crippen LogP contribution in [0.3, 0.4) is 0 Å². The third kappa shape index (κ3) is 3.11. The first-order valence-corrected chi connectivity index (χ1v) is 8.04. The zero-order valence-corrected chi connectivity index (χ0v) is 14.3. The minimum absolute atomic E-state index is 0.125. The lowest BCUT2D eigenvalue weighted by Crippen LogP contribution is -2.22. The number of aryl methyl sites for hydroxylation is 1. The first-order chi connectivity index (χ1) is 11.6. The molecule has 0 saturated heterocycles. The van der Waals surface area contributed by atoms with Gasteiger partial charge in [-0.05, 0) is 31.1 Å². The minimum Gasteiger partial charge on any atom is -0.380 e. The lowest BCUT2D eigenvalue weighted by atomic mass is 9.87. The number of aliphatic imine (C=N–C) groups is 1. The number of hydrogen-bond acceptors (Lipinski definition) is 5. The van der Waals surface area contributed by atoms with Gasteiger partial charge in [-0.2, -0.15) is 0 Å². The van der Waals surface area contributed by atoms with Crippen LogP contribution in [0.25, 0.3) is 0 Å². The minimum atomic E-state index is 0.125. The highest BCUT2D eigenvalue weighted by Gasteiger charge is 2.29. The summed E-state index contributed by atoms with van der Waals surface area (Å²) in [5, 5.41) is 7.28. The molecule has 3 rings (SSSR count). The maximum Gasteiger partial charge on any atom is 0.174 e. The molecule has 1 aromatic rings. The van der Waals surface area contributed by atoms with Crippen LogP contribution < -0.4 is 5.32 Å². The quantitative estimate of drug-likeness (QED) is 0.809. The smallest absolute Gasteiger partial charge is 0.174 e. The Balaban J connectivity index is 1.81. The van der Waals surface area contributed by atoms with E-state index in [0.717, 1.165) is 34.9 Å². The highest BCUT2D eigenvalue weighted by Crippen LogP contribution is 2.33. The molecular weight excluding hydrogens is 300 g/mol. The van der Waals surface area contributed by atoms with Crippen LogP contribution in [0.1, 0.15) is 12.7 Å². The number of allylic oxidation sites excluding steroid dienone is 7. The van der Waals surface area contributed by atoms with E-state index in [1.165, 1.54) is 0 Å². The lowest BCUT2D eigenvalue weighted by molar-refractivity contribution is 0.400. The topological polar surface area (TPSA) is 53.7 Å². The number of rotatable bonds is 6. The van der Waals surface area contributed by atoms with Gasteiger partial charge in [0.2, 0.25) is 0 Å². The summed E-state index contributed by atoms with van der Waals surface area (Å²) in [5.74, 6) is 1.59. The van der Waals surface area contributed by atoms with Gasteiger partial charge >= 0.3 is 0 Å². The van der Waals surface area contributed by atoms with Crippen molar-refractivity contribution in [1.29, 1.82) is 0 Å². The van der Waals surface area contributed by atoms with E-state index in [1.54, 1.807) is 0 Å². The Morgan fingerprint density at radius 1 is 1.50 bits per heavy atom. The summed E-state index contributed by atoms with van der Waals surface area (Å²) in [6.45, 7) is 8.89. The molecule has 0 spiro atoms. The first-order valence-electron chi connectivity index (χ1n) is 8.04. The van der Waals surface area contributed by atoms with E-state index in [1.807, 2.05) is 37.4 Å². The second-order valence-electron chi connectivity index (χ2n) is 5.85. The molecule has 1 atom stereocenters. The van der Waals surface area contributed by atoms with Gasteiger partial charge in [0.25, 0.3) is 0 Å². The number of hydrogen-bond donors (Lipinski definition) is 1. The predicted octanol–water partition coefficient (Wildman–Crippen LogP) is 3.82. The molecule has 2 aliphatic rings. The maximum atomic E-state index is 5.11. The molecule has 0 radical (unpaired) electrons. The summed E-state index contributed by atoms with van der Waals surface area (Å²) < 4.78 is 5.11. The average molecular weight is 322 g/mol. The molecule has 0 saturated carbocycles. The summed E-state index contributed by atoms with van der Waals surface area (Å²) in [7, 11) is 2.05. The van der Waals surface area contributed by atoms with Crippen LogP contribution in [0.2, 0.25) is 0 Å². The molecule has 124 valence electrons. The summed E-state index contributed by atoms with van der Waals surface area (Å²) in [6.07, 6.45) is 12.1. The van der Waals surface area contributed by atoms with Gasteiger partial charge in [0, 0.05) is 38.0 Å². The number of fused-ring (bicyclic) bond motifs is 1. The Morgan fingerprint density at radius 2 is 2.33 bits per heavy atom. The molecule has 1 N–H and O–H groups in total. The van der Waals surface area contributed by atoms with E-state index < -0.39 is 0 Å². The van der Waals surface area contributed by atoms with Crippen molar-refractivity contribution in [2.24, 2.45) is 10.9 Å². The zero-order chi connectivity index (χ0) is 17.1. The molecule has 0 bridgehead atoms. The molecule has 1 aromatic heterocycles. The van der Waals surface area contributed by atoms with Gasteiger partial charge in [-0.1, -0.05) is 30.0 Å². The van der Waals surface area contributed by atoms with Crippen LogP contribution in [-0.2, 0) is 0 Å². The summed E-state index contributed by atoms with van der Waals surface area (Å²) >= 11 is 0. The molecule has 24 heavy (non-hydrogen) atoms. The molecule has 0 aromatic carbocycles. The van der Waals surface area contributed by atoms with Crippen molar-refractivity contribution in [1.82, 2.24) is 10.1 Å². The van der Waals surface area contributed by atoms with Crippen LogP contribution in [0.15, 0.2) is 75.7 Å². The molecule has 0 amide bonds. The van der Waals surface area contributed by atoms with E-state index in [0.29, 0.717) is 5.82 Å². The van der Waals surface area contributed by atoms with Gasteiger partial charge < -0.3 is 14.7 Å². The summed E-state index contributed by atoms with van der Waals surface area (Å²) in [6, 6.07) is 1.86. The van der Waals surface area contributed by atoms with Crippen molar-refractivity contribution >= 4 is 11.5 Å². The second-order valence-corrected chi connectivity index (χ2v) is 5.85. The average Bonchev–Trinajstić information content (AvgIpc) is 3.19. The Labute approximate surface area is 142 Å². The highest BCUT2D eigenvalue weighted by molar-refractivity contribution is 6.09. The van der Waals surface area contributed by atoms with E-state index in [4.69, 9.17) is 4.52 Å². The summed E-state index contributed by atoms with van der Waals surface area (Å²) in [4.78, 5) is 6.77. The fourth-order valence-electron chi connectivity index (χ4n) is 2.72. The van der Waals surface area contributed by atoms with Crippen molar-refractivity contribution in [3.63, 3.8) is 0 Å². The van der Waals surface area contributed by atoms with E-state index in [-0.39, 0.29) is 5.92 Å². The highest BCUT2D eigenvalue weighted by atomic mass is 16.5. The molecule has 0 fully saturated rings. The maximum absolute atomic E-state index is 5.11. The van der Waals surface area contributed by atoms with Gasteiger partial charge in [-0.25, -0.2) is 0 Å². The molecular formula is C19H22N4O. The van der Waals surface area contributed by atoms with Gasteiger partial charge in [0.15, 0.2) is 5.82 Å². The normalized spacial score (nSPS) is 19.4. The van der Waals surface area contributed by atoms with Crippen molar-refractivity contribution in [2.75, 3.05) is 18.9 Å². The van der Waals surface area contributed by atoms with Crippen molar-refractivity contribution < 1.29 is 4.52 Å². The van der Waals surface area contributed by atoms with Crippen molar-refractivity contribution in [3.05, 3.63) is 72.0 Å². The number of nitrogens with one attached hydrogen (secondary N) is 1. The Hall–Kier alpha value is -2.82. The molecule has 2 heterocycles. The second kappa shape index (κ2) is 6.74. The number of nitrogens with zero attached hydrogens (tertiary/aromatic N) is 3. The third-order valence-electron chi connectivity index (χ3n) is 4.12. The van der Waals surface area contributed by atoms with Crippen LogP contribution in [0.5, 0.6) is 0 Å². The van der Waals surface area contributed by atoms with Crippen LogP contribution in [0, 0.1) is 12.8 Å². The summed E-state index contributed by atoms with van der Waals surface area (Å²) in [5.41, 5.74) is 4.17. The standard InChI is InChI=1S/C19H22N4O/c1-5-14(12-23(4)6-2)16-11-20-19-15(16)8-7-9-17(19)21-18-10-13(3)24-22-18/h5,7-12,15H,1,6H2,2-4H3,(H,21,22)/b14-12+. The van der Waals surface area contributed by atoms with Crippen molar-refractivity contribution in [2.45, 2.75) is 13.8 Å². The predicted molar refractivity (Wildman–Crippen MR) is 97.7 cm³/mol. The Kier molecular flexibility index (Phi) is 4.51. The van der Waals surface area contributed by atoms with Crippen LogP contribution >= 0.6 is 0 Å². The van der Waals surface area contributed by atoms with Crippen molar-refractivity contribution in [3.8, 4) is 0 Å². The molecule has 1 unspecified atom stereocenters.